The number of aromatic nitrogens is 1. The molecule has 0 atom stereocenters. The minimum absolute atomic E-state index is 0.255. The predicted molar refractivity (Wildman–Crippen MR) is 118 cm³/mol. The first kappa shape index (κ1) is 18.9. The van der Waals surface area contributed by atoms with Crippen molar-refractivity contribution in [3.63, 3.8) is 0 Å². The standard InChI is InChI=1S/C21H17ClN2O2S2/c1-11-4-6-13(7-5-11)18-12(2)27-21(23-18)24-20(25)19-17(22)15-10-14(26-3)8-9-16(15)28-19/h4-10H,1-3H3,(H,23,24,25). The Hall–Kier alpha value is -2.41. The summed E-state index contributed by atoms with van der Waals surface area (Å²) >= 11 is 9.28. The number of carbonyl (C=O) groups excluding carboxylic acids is 1. The number of carbonyl (C=O) groups is 1. The fraction of sp³-hybridized carbons (Fsp3) is 0.143. The summed E-state index contributed by atoms with van der Waals surface area (Å²) in [6, 6.07) is 13.8. The van der Waals surface area contributed by atoms with E-state index in [2.05, 4.69) is 22.4 Å². The minimum atomic E-state index is -0.255. The lowest BCUT2D eigenvalue weighted by Crippen LogP contribution is -2.10. The van der Waals surface area contributed by atoms with E-state index in [-0.39, 0.29) is 5.91 Å². The number of thiophene rings is 1. The van der Waals surface area contributed by atoms with Crippen LogP contribution in [0.3, 0.4) is 0 Å². The molecule has 0 aliphatic rings. The van der Waals surface area contributed by atoms with Crippen LogP contribution in [-0.2, 0) is 0 Å². The van der Waals surface area contributed by atoms with Crippen molar-refractivity contribution in [3.8, 4) is 17.0 Å². The summed E-state index contributed by atoms with van der Waals surface area (Å²) in [7, 11) is 1.60. The van der Waals surface area contributed by atoms with E-state index in [9.17, 15) is 4.79 Å². The Kier molecular flexibility index (Phi) is 5.10. The van der Waals surface area contributed by atoms with Gasteiger partial charge in [0.2, 0.25) is 0 Å². The fourth-order valence-electron chi connectivity index (χ4n) is 2.90. The second-order valence-electron chi connectivity index (χ2n) is 6.35. The zero-order valence-corrected chi connectivity index (χ0v) is 17.9. The number of ether oxygens (including phenoxy) is 1. The molecule has 2 heterocycles. The van der Waals surface area contributed by atoms with Crippen molar-refractivity contribution in [2.75, 3.05) is 12.4 Å². The molecular formula is C21H17ClN2O2S2. The number of benzene rings is 2. The van der Waals surface area contributed by atoms with Crippen LogP contribution in [0.25, 0.3) is 21.3 Å². The molecule has 0 fully saturated rings. The van der Waals surface area contributed by atoms with Crippen LogP contribution in [-0.4, -0.2) is 18.0 Å². The van der Waals surface area contributed by atoms with Gasteiger partial charge in [-0.15, -0.1) is 22.7 Å². The number of hydrogen-bond acceptors (Lipinski definition) is 5. The number of anilines is 1. The summed E-state index contributed by atoms with van der Waals surface area (Å²) < 4.78 is 6.18. The maximum Gasteiger partial charge on any atom is 0.269 e. The van der Waals surface area contributed by atoms with E-state index in [4.69, 9.17) is 16.3 Å². The molecular weight excluding hydrogens is 412 g/mol. The molecule has 0 saturated heterocycles. The molecule has 0 radical (unpaired) electrons. The van der Waals surface area contributed by atoms with Crippen molar-refractivity contribution < 1.29 is 9.53 Å². The normalized spacial score (nSPS) is 11.0. The highest BCUT2D eigenvalue weighted by Crippen LogP contribution is 2.38. The molecule has 4 aromatic rings. The van der Waals surface area contributed by atoms with E-state index in [0.717, 1.165) is 26.2 Å². The summed E-state index contributed by atoms with van der Waals surface area (Å²) in [5.74, 6) is 0.451. The van der Waals surface area contributed by atoms with Gasteiger partial charge in [-0.2, -0.15) is 0 Å². The third-order valence-electron chi connectivity index (χ3n) is 4.38. The number of halogens is 1. The molecule has 0 saturated carbocycles. The summed E-state index contributed by atoms with van der Waals surface area (Å²) in [4.78, 5) is 18.9. The lowest BCUT2D eigenvalue weighted by molar-refractivity contribution is 0.103. The van der Waals surface area contributed by atoms with Crippen molar-refractivity contribution in [1.29, 1.82) is 0 Å². The maximum absolute atomic E-state index is 12.8. The highest BCUT2D eigenvalue weighted by Gasteiger charge is 2.20. The molecule has 0 aliphatic carbocycles. The smallest absolute Gasteiger partial charge is 0.269 e. The van der Waals surface area contributed by atoms with Crippen molar-refractivity contribution in [2.45, 2.75) is 13.8 Å². The van der Waals surface area contributed by atoms with Crippen molar-refractivity contribution in [1.82, 2.24) is 4.98 Å². The van der Waals surface area contributed by atoms with Crippen LogP contribution in [0.5, 0.6) is 5.75 Å². The van der Waals surface area contributed by atoms with E-state index in [1.165, 1.54) is 28.2 Å². The molecule has 0 aliphatic heterocycles. The van der Waals surface area contributed by atoms with Crippen LogP contribution in [0.1, 0.15) is 20.1 Å². The van der Waals surface area contributed by atoms with Crippen LogP contribution in [0.4, 0.5) is 5.13 Å². The van der Waals surface area contributed by atoms with E-state index in [1.54, 1.807) is 7.11 Å². The molecule has 0 unspecified atom stereocenters. The molecule has 1 amide bonds. The van der Waals surface area contributed by atoms with Gasteiger partial charge in [-0.3, -0.25) is 10.1 Å². The molecule has 2 aromatic heterocycles. The zero-order valence-electron chi connectivity index (χ0n) is 15.5. The van der Waals surface area contributed by atoms with Gasteiger partial charge in [0, 0.05) is 20.5 Å². The number of hydrogen-bond donors (Lipinski definition) is 1. The van der Waals surface area contributed by atoms with Gasteiger partial charge in [-0.1, -0.05) is 41.4 Å². The topological polar surface area (TPSA) is 51.2 Å². The highest BCUT2D eigenvalue weighted by atomic mass is 35.5. The molecule has 28 heavy (non-hydrogen) atoms. The monoisotopic (exact) mass is 428 g/mol. The largest absolute Gasteiger partial charge is 0.497 e. The number of thiazole rings is 1. The first-order chi connectivity index (χ1) is 13.5. The summed E-state index contributed by atoms with van der Waals surface area (Å²) in [6.07, 6.45) is 0. The number of aryl methyl sites for hydroxylation is 2. The summed E-state index contributed by atoms with van der Waals surface area (Å²) in [5, 5.41) is 4.70. The van der Waals surface area contributed by atoms with Gasteiger partial charge in [0.1, 0.15) is 10.6 Å². The maximum atomic E-state index is 12.8. The van der Waals surface area contributed by atoms with E-state index in [0.29, 0.717) is 20.8 Å². The number of rotatable bonds is 4. The second-order valence-corrected chi connectivity index (χ2v) is 8.98. The van der Waals surface area contributed by atoms with Gasteiger partial charge >= 0.3 is 0 Å². The Labute approximate surface area is 175 Å². The van der Waals surface area contributed by atoms with Gasteiger partial charge < -0.3 is 4.74 Å². The number of methoxy groups -OCH3 is 1. The molecule has 4 nitrogen and oxygen atoms in total. The van der Waals surface area contributed by atoms with Crippen LogP contribution in [0.2, 0.25) is 5.02 Å². The number of nitrogens with zero attached hydrogens (tertiary/aromatic N) is 1. The SMILES string of the molecule is COc1ccc2sc(C(=O)Nc3nc(-c4ccc(C)cc4)c(C)s3)c(Cl)c2c1. The molecule has 1 N–H and O–H groups in total. The summed E-state index contributed by atoms with van der Waals surface area (Å²) in [6.45, 7) is 4.05. The van der Waals surface area contributed by atoms with Crippen LogP contribution < -0.4 is 10.1 Å². The van der Waals surface area contributed by atoms with E-state index >= 15 is 0 Å². The Morgan fingerprint density at radius 2 is 1.86 bits per heavy atom. The third kappa shape index (κ3) is 3.51. The Morgan fingerprint density at radius 3 is 2.57 bits per heavy atom. The molecule has 0 bridgehead atoms. The first-order valence-electron chi connectivity index (χ1n) is 8.58. The molecule has 7 heteroatoms. The molecule has 2 aromatic carbocycles. The Morgan fingerprint density at radius 1 is 1.11 bits per heavy atom. The van der Waals surface area contributed by atoms with Crippen LogP contribution in [0, 0.1) is 13.8 Å². The number of fused-ring (bicyclic) bond motifs is 1. The lowest BCUT2D eigenvalue weighted by Gasteiger charge is -2.00. The minimum Gasteiger partial charge on any atom is -0.497 e. The van der Waals surface area contributed by atoms with Crippen molar-refractivity contribution in [2.24, 2.45) is 0 Å². The molecule has 142 valence electrons. The lowest BCUT2D eigenvalue weighted by atomic mass is 10.1. The molecule has 0 spiro atoms. The van der Waals surface area contributed by atoms with Gasteiger partial charge in [0.25, 0.3) is 5.91 Å². The van der Waals surface area contributed by atoms with Gasteiger partial charge in [0.05, 0.1) is 17.8 Å². The van der Waals surface area contributed by atoms with E-state index in [1.807, 2.05) is 44.2 Å². The quantitative estimate of drug-likeness (QED) is 0.400. The Balaban J connectivity index is 1.62. The summed E-state index contributed by atoms with van der Waals surface area (Å²) in [5.41, 5.74) is 3.11. The van der Waals surface area contributed by atoms with Gasteiger partial charge in [-0.05, 0) is 32.0 Å². The van der Waals surface area contributed by atoms with Crippen LogP contribution >= 0.6 is 34.3 Å². The predicted octanol–water partition coefficient (Wildman–Crippen LogP) is 6.56. The van der Waals surface area contributed by atoms with Crippen molar-refractivity contribution in [3.05, 3.63) is 62.8 Å². The first-order valence-corrected chi connectivity index (χ1v) is 10.6. The fourth-order valence-corrected chi connectivity index (χ4v) is 5.12. The van der Waals surface area contributed by atoms with Crippen LogP contribution in [0.15, 0.2) is 42.5 Å². The molecule has 4 rings (SSSR count). The number of nitrogens with one attached hydrogen (secondary N) is 1. The zero-order chi connectivity index (χ0) is 19.8. The van der Waals surface area contributed by atoms with Gasteiger partial charge in [-0.25, -0.2) is 4.98 Å². The van der Waals surface area contributed by atoms with E-state index < -0.39 is 0 Å². The second kappa shape index (κ2) is 7.54. The average molecular weight is 429 g/mol. The third-order valence-corrected chi connectivity index (χ3v) is 6.94. The average Bonchev–Trinajstić information content (AvgIpc) is 3.22. The van der Waals surface area contributed by atoms with Crippen molar-refractivity contribution >= 4 is 55.4 Å². The Bertz CT molecular complexity index is 1180. The van der Waals surface area contributed by atoms with Gasteiger partial charge in [0.15, 0.2) is 5.13 Å². The highest BCUT2D eigenvalue weighted by molar-refractivity contribution is 7.22. The number of amides is 1.